The molecule has 0 fully saturated rings. The van der Waals surface area contributed by atoms with Crippen LogP contribution >= 0.6 is 0 Å². The molecule has 0 aliphatic carbocycles. The van der Waals surface area contributed by atoms with E-state index in [1.807, 2.05) is 20.8 Å². The lowest BCUT2D eigenvalue weighted by Crippen LogP contribution is -1.97. The van der Waals surface area contributed by atoms with E-state index in [9.17, 15) is 4.79 Å². The Morgan fingerprint density at radius 3 is 2.12 bits per heavy atom. The highest BCUT2D eigenvalue weighted by molar-refractivity contribution is 5.91. The van der Waals surface area contributed by atoms with Gasteiger partial charge < -0.3 is 5.11 Å². The van der Waals surface area contributed by atoms with Crippen molar-refractivity contribution >= 4 is 11.5 Å². The number of carbonyl (C=O) groups is 1. The monoisotopic (exact) mass is 218 g/mol. The Hall–Kier alpha value is -1.57. The highest BCUT2D eigenvalue weighted by Gasteiger charge is 2.09. The van der Waals surface area contributed by atoms with Gasteiger partial charge in [0.15, 0.2) is 0 Å². The van der Waals surface area contributed by atoms with Crippen molar-refractivity contribution in [3.8, 4) is 0 Å². The van der Waals surface area contributed by atoms with Crippen molar-refractivity contribution in [2.24, 2.45) is 0 Å². The van der Waals surface area contributed by atoms with Crippen LogP contribution in [0.1, 0.15) is 35.6 Å². The van der Waals surface area contributed by atoms with Crippen LogP contribution in [-0.2, 0) is 4.79 Å². The summed E-state index contributed by atoms with van der Waals surface area (Å²) in [4.78, 5) is 10.8. The maximum absolute atomic E-state index is 10.8. The summed E-state index contributed by atoms with van der Waals surface area (Å²) >= 11 is 0. The SMILES string of the molecule is CC/C(=C\C(=O)O)c1c(C)cc(C)cc1C. The fraction of sp³-hybridized carbons (Fsp3) is 0.357. The average Bonchev–Trinajstić information content (AvgIpc) is 2.13. The molecule has 2 heteroatoms. The predicted octanol–water partition coefficient (Wildman–Crippen LogP) is 3.49. The summed E-state index contributed by atoms with van der Waals surface area (Å²) in [7, 11) is 0. The summed E-state index contributed by atoms with van der Waals surface area (Å²) in [5.74, 6) is -0.878. The minimum absolute atomic E-state index is 0.733. The van der Waals surface area contributed by atoms with Crippen molar-refractivity contribution in [3.05, 3.63) is 40.5 Å². The Morgan fingerprint density at radius 1 is 1.25 bits per heavy atom. The van der Waals surface area contributed by atoms with Crippen LogP contribution in [0.5, 0.6) is 0 Å². The minimum atomic E-state index is -0.878. The summed E-state index contributed by atoms with van der Waals surface area (Å²) < 4.78 is 0. The van der Waals surface area contributed by atoms with E-state index >= 15 is 0 Å². The number of aliphatic carboxylic acids is 1. The van der Waals surface area contributed by atoms with E-state index in [4.69, 9.17) is 5.11 Å². The topological polar surface area (TPSA) is 37.3 Å². The van der Waals surface area contributed by atoms with Gasteiger partial charge in [-0.1, -0.05) is 24.6 Å². The molecule has 0 bridgehead atoms. The number of carboxylic acids is 1. The number of aryl methyl sites for hydroxylation is 3. The van der Waals surface area contributed by atoms with Gasteiger partial charge >= 0.3 is 5.97 Å². The lowest BCUT2D eigenvalue weighted by Gasteiger charge is -2.13. The minimum Gasteiger partial charge on any atom is -0.478 e. The summed E-state index contributed by atoms with van der Waals surface area (Å²) in [6, 6.07) is 4.18. The summed E-state index contributed by atoms with van der Waals surface area (Å²) in [6.07, 6.45) is 2.04. The third-order valence-electron chi connectivity index (χ3n) is 2.68. The van der Waals surface area contributed by atoms with Gasteiger partial charge in [-0.3, -0.25) is 0 Å². The zero-order valence-electron chi connectivity index (χ0n) is 10.3. The van der Waals surface area contributed by atoms with Gasteiger partial charge in [0.25, 0.3) is 0 Å². The molecule has 0 radical (unpaired) electrons. The third-order valence-corrected chi connectivity index (χ3v) is 2.68. The van der Waals surface area contributed by atoms with E-state index in [1.165, 1.54) is 11.6 Å². The third kappa shape index (κ3) is 2.72. The number of hydrogen-bond donors (Lipinski definition) is 1. The lowest BCUT2D eigenvalue weighted by atomic mass is 9.92. The average molecular weight is 218 g/mol. The fourth-order valence-corrected chi connectivity index (χ4v) is 2.19. The Labute approximate surface area is 96.6 Å². The first-order valence-electron chi connectivity index (χ1n) is 5.47. The first kappa shape index (κ1) is 12.5. The van der Waals surface area contributed by atoms with Gasteiger partial charge in [0.05, 0.1) is 0 Å². The second kappa shape index (κ2) is 4.97. The lowest BCUT2D eigenvalue weighted by molar-refractivity contribution is -0.131. The normalized spacial score (nSPS) is 11.6. The summed E-state index contributed by atoms with van der Waals surface area (Å²) in [6.45, 7) is 8.09. The Bertz CT molecular complexity index is 419. The van der Waals surface area contributed by atoms with Crippen molar-refractivity contribution < 1.29 is 9.90 Å². The van der Waals surface area contributed by atoms with Gasteiger partial charge in [0, 0.05) is 6.08 Å². The van der Waals surface area contributed by atoms with E-state index in [-0.39, 0.29) is 0 Å². The van der Waals surface area contributed by atoms with Gasteiger partial charge in [0.2, 0.25) is 0 Å². The van der Waals surface area contributed by atoms with Gasteiger partial charge in [-0.05, 0) is 49.5 Å². The summed E-state index contributed by atoms with van der Waals surface area (Å²) in [5.41, 5.74) is 5.47. The van der Waals surface area contributed by atoms with Crippen LogP contribution in [-0.4, -0.2) is 11.1 Å². The van der Waals surface area contributed by atoms with Crippen molar-refractivity contribution in [1.82, 2.24) is 0 Å². The Kier molecular flexibility index (Phi) is 3.88. The van der Waals surface area contributed by atoms with Crippen LogP contribution in [0.4, 0.5) is 0 Å². The van der Waals surface area contributed by atoms with Crippen molar-refractivity contribution in [2.45, 2.75) is 34.1 Å². The molecule has 0 heterocycles. The largest absolute Gasteiger partial charge is 0.478 e. The van der Waals surface area contributed by atoms with Gasteiger partial charge in [0.1, 0.15) is 0 Å². The highest BCUT2D eigenvalue weighted by Crippen LogP contribution is 2.26. The van der Waals surface area contributed by atoms with Crippen molar-refractivity contribution in [1.29, 1.82) is 0 Å². The Morgan fingerprint density at radius 2 is 1.75 bits per heavy atom. The number of benzene rings is 1. The van der Waals surface area contributed by atoms with E-state index in [0.29, 0.717) is 0 Å². The molecule has 16 heavy (non-hydrogen) atoms. The zero-order valence-corrected chi connectivity index (χ0v) is 10.3. The molecule has 1 aromatic rings. The standard InChI is InChI=1S/C14H18O2/c1-5-12(8-13(15)16)14-10(3)6-9(2)7-11(14)4/h6-8H,5H2,1-4H3,(H,15,16)/b12-8+. The molecule has 86 valence electrons. The van der Waals surface area contributed by atoms with Crippen molar-refractivity contribution in [3.63, 3.8) is 0 Å². The number of allylic oxidation sites excluding steroid dienone is 1. The molecule has 0 saturated carbocycles. The molecule has 0 atom stereocenters. The maximum atomic E-state index is 10.8. The Balaban J connectivity index is 3.36. The number of carboxylic acid groups (broad SMARTS) is 1. The molecular weight excluding hydrogens is 200 g/mol. The first-order chi connectivity index (χ1) is 7.45. The van der Waals surface area contributed by atoms with Crippen LogP contribution in [0, 0.1) is 20.8 Å². The van der Waals surface area contributed by atoms with Crippen LogP contribution in [0.15, 0.2) is 18.2 Å². The molecule has 0 aliphatic rings. The van der Waals surface area contributed by atoms with Crippen LogP contribution in [0.2, 0.25) is 0 Å². The van der Waals surface area contributed by atoms with E-state index in [1.54, 1.807) is 0 Å². The maximum Gasteiger partial charge on any atom is 0.328 e. The second-order valence-corrected chi connectivity index (χ2v) is 4.14. The van der Waals surface area contributed by atoms with Gasteiger partial charge in [-0.15, -0.1) is 0 Å². The molecular formula is C14H18O2. The zero-order chi connectivity index (χ0) is 12.3. The second-order valence-electron chi connectivity index (χ2n) is 4.14. The molecule has 2 nitrogen and oxygen atoms in total. The number of rotatable bonds is 3. The highest BCUT2D eigenvalue weighted by atomic mass is 16.4. The molecule has 0 saturated heterocycles. The van der Waals surface area contributed by atoms with E-state index in [2.05, 4.69) is 19.1 Å². The van der Waals surface area contributed by atoms with Crippen molar-refractivity contribution in [2.75, 3.05) is 0 Å². The van der Waals surface area contributed by atoms with E-state index < -0.39 is 5.97 Å². The van der Waals surface area contributed by atoms with Gasteiger partial charge in [-0.2, -0.15) is 0 Å². The fourth-order valence-electron chi connectivity index (χ4n) is 2.19. The molecule has 1 N–H and O–H groups in total. The molecule has 0 aliphatic heterocycles. The van der Waals surface area contributed by atoms with Crippen LogP contribution in [0.25, 0.3) is 5.57 Å². The smallest absolute Gasteiger partial charge is 0.328 e. The molecule has 1 rings (SSSR count). The molecule has 0 aromatic heterocycles. The van der Waals surface area contributed by atoms with Crippen LogP contribution < -0.4 is 0 Å². The quantitative estimate of drug-likeness (QED) is 0.788. The molecule has 1 aromatic carbocycles. The first-order valence-corrected chi connectivity index (χ1v) is 5.47. The van der Waals surface area contributed by atoms with E-state index in [0.717, 1.165) is 28.7 Å². The van der Waals surface area contributed by atoms with Gasteiger partial charge in [-0.25, -0.2) is 4.79 Å². The summed E-state index contributed by atoms with van der Waals surface area (Å²) in [5, 5.41) is 8.84. The number of hydrogen-bond acceptors (Lipinski definition) is 1. The molecule has 0 amide bonds. The van der Waals surface area contributed by atoms with Crippen LogP contribution in [0.3, 0.4) is 0 Å². The molecule has 0 spiro atoms. The molecule has 0 unspecified atom stereocenters. The predicted molar refractivity (Wildman–Crippen MR) is 66.6 cm³/mol.